The van der Waals surface area contributed by atoms with Crippen LogP contribution < -0.4 is 0 Å². The van der Waals surface area contributed by atoms with E-state index in [9.17, 15) is 0 Å². The molecule has 180 valence electrons. The standard InChI is InChI=1S/C37H27N/c1-26-18-20-27(21-19-26)30-10-2-4-12-32(30)33-13-5-3-11-31(33)28-22-24-29(25-23-28)38-36-16-8-6-14-34(36)35-15-7-9-17-37(35)38/h2-25H,1H3. The molecule has 7 aromatic rings. The van der Waals surface area contributed by atoms with Crippen molar-refractivity contribution < 1.29 is 0 Å². The van der Waals surface area contributed by atoms with Gasteiger partial charge in [-0.15, -0.1) is 0 Å². The number of rotatable bonds is 4. The number of fused-ring (bicyclic) bond motifs is 3. The molecule has 6 aromatic carbocycles. The van der Waals surface area contributed by atoms with Crippen molar-refractivity contribution in [2.24, 2.45) is 0 Å². The third kappa shape index (κ3) is 3.72. The molecule has 1 aromatic heterocycles. The van der Waals surface area contributed by atoms with Crippen LogP contribution in [-0.4, -0.2) is 4.57 Å². The summed E-state index contributed by atoms with van der Waals surface area (Å²) in [6, 6.07) is 52.6. The first kappa shape index (κ1) is 22.3. The average Bonchev–Trinajstić information content (AvgIpc) is 3.32. The second-order valence-electron chi connectivity index (χ2n) is 9.87. The van der Waals surface area contributed by atoms with Gasteiger partial charge < -0.3 is 4.57 Å². The molecule has 7 rings (SSSR count). The van der Waals surface area contributed by atoms with Crippen molar-refractivity contribution in [1.29, 1.82) is 0 Å². The molecule has 0 saturated carbocycles. The third-order valence-corrected chi connectivity index (χ3v) is 7.52. The van der Waals surface area contributed by atoms with Gasteiger partial charge in [0.25, 0.3) is 0 Å². The SMILES string of the molecule is Cc1ccc(-c2ccccc2-c2ccccc2-c2ccc(-n3c4ccccc4c4ccccc43)cc2)cc1. The second kappa shape index (κ2) is 9.21. The summed E-state index contributed by atoms with van der Waals surface area (Å²) in [6.45, 7) is 2.13. The van der Waals surface area contributed by atoms with Gasteiger partial charge in [0.1, 0.15) is 0 Å². The summed E-state index contributed by atoms with van der Waals surface area (Å²) in [5.74, 6) is 0. The van der Waals surface area contributed by atoms with Crippen LogP contribution in [0.5, 0.6) is 0 Å². The predicted octanol–water partition coefficient (Wildman–Crippen LogP) is 10.1. The molecule has 0 aliphatic carbocycles. The number of hydrogen-bond donors (Lipinski definition) is 0. The van der Waals surface area contributed by atoms with Gasteiger partial charge in [-0.2, -0.15) is 0 Å². The minimum Gasteiger partial charge on any atom is -0.309 e. The largest absolute Gasteiger partial charge is 0.309 e. The Kier molecular flexibility index (Phi) is 5.41. The van der Waals surface area contributed by atoms with E-state index < -0.39 is 0 Å². The molecule has 1 heteroatoms. The molecule has 0 saturated heterocycles. The Balaban J connectivity index is 1.35. The number of para-hydroxylation sites is 2. The molecule has 0 unspecified atom stereocenters. The number of aryl methyl sites for hydroxylation is 1. The Morgan fingerprint density at radius 3 is 1.26 bits per heavy atom. The average molecular weight is 486 g/mol. The van der Waals surface area contributed by atoms with E-state index in [-0.39, 0.29) is 0 Å². The van der Waals surface area contributed by atoms with Crippen molar-refractivity contribution in [3.8, 4) is 39.1 Å². The summed E-state index contributed by atoms with van der Waals surface area (Å²) in [5.41, 5.74) is 12.3. The van der Waals surface area contributed by atoms with E-state index in [1.807, 2.05) is 0 Å². The second-order valence-corrected chi connectivity index (χ2v) is 9.87. The third-order valence-electron chi connectivity index (χ3n) is 7.52. The molecule has 38 heavy (non-hydrogen) atoms. The van der Waals surface area contributed by atoms with Crippen molar-refractivity contribution in [3.63, 3.8) is 0 Å². The van der Waals surface area contributed by atoms with E-state index in [1.165, 1.54) is 66.4 Å². The van der Waals surface area contributed by atoms with Crippen molar-refractivity contribution in [2.75, 3.05) is 0 Å². The van der Waals surface area contributed by atoms with Gasteiger partial charge >= 0.3 is 0 Å². The minimum atomic E-state index is 1.17. The van der Waals surface area contributed by atoms with Crippen LogP contribution in [0.3, 0.4) is 0 Å². The van der Waals surface area contributed by atoms with Crippen molar-refractivity contribution in [2.45, 2.75) is 6.92 Å². The molecule has 1 heterocycles. The quantitative estimate of drug-likeness (QED) is 0.234. The number of nitrogens with zero attached hydrogens (tertiary/aromatic N) is 1. The summed E-state index contributed by atoms with van der Waals surface area (Å²) in [5, 5.41) is 2.57. The van der Waals surface area contributed by atoms with E-state index in [0.717, 1.165) is 0 Å². The van der Waals surface area contributed by atoms with Crippen LogP contribution >= 0.6 is 0 Å². The molecule has 1 nitrogen and oxygen atoms in total. The zero-order valence-corrected chi connectivity index (χ0v) is 21.3. The van der Waals surface area contributed by atoms with E-state index in [0.29, 0.717) is 0 Å². The fraction of sp³-hybridized carbons (Fsp3) is 0.0270. The van der Waals surface area contributed by atoms with Crippen LogP contribution in [0.1, 0.15) is 5.56 Å². The highest BCUT2D eigenvalue weighted by Gasteiger charge is 2.14. The normalized spacial score (nSPS) is 11.3. The first-order valence-electron chi connectivity index (χ1n) is 13.1. The lowest BCUT2D eigenvalue weighted by Gasteiger charge is -2.15. The van der Waals surface area contributed by atoms with Crippen LogP contribution in [0.4, 0.5) is 0 Å². The summed E-state index contributed by atoms with van der Waals surface area (Å²) < 4.78 is 2.37. The van der Waals surface area contributed by atoms with Gasteiger partial charge in [0.15, 0.2) is 0 Å². The predicted molar refractivity (Wildman–Crippen MR) is 162 cm³/mol. The topological polar surface area (TPSA) is 4.93 Å². The highest BCUT2D eigenvalue weighted by molar-refractivity contribution is 6.09. The van der Waals surface area contributed by atoms with E-state index in [2.05, 4.69) is 157 Å². The maximum Gasteiger partial charge on any atom is 0.0541 e. The number of aromatic nitrogens is 1. The molecular formula is C37H27N. The lowest BCUT2D eigenvalue weighted by atomic mass is 9.89. The van der Waals surface area contributed by atoms with Gasteiger partial charge in [0.2, 0.25) is 0 Å². The first-order valence-corrected chi connectivity index (χ1v) is 13.1. The van der Waals surface area contributed by atoms with Crippen molar-refractivity contribution >= 4 is 21.8 Å². The van der Waals surface area contributed by atoms with Crippen LogP contribution in [0, 0.1) is 6.92 Å². The van der Waals surface area contributed by atoms with Crippen LogP contribution in [0.15, 0.2) is 146 Å². The van der Waals surface area contributed by atoms with Crippen LogP contribution in [0.2, 0.25) is 0 Å². The lowest BCUT2D eigenvalue weighted by molar-refractivity contribution is 1.18. The van der Waals surface area contributed by atoms with Gasteiger partial charge in [0.05, 0.1) is 11.0 Å². The van der Waals surface area contributed by atoms with E-state index >= 15 is 0 Å². The van der Waals surface area contributed by atoms with E-state index in [1.54, 1.807) is 0 Å². The Morgan fingerprint density at radius 2 is 0.763 bits per heavy atom. The highest BCUT2D eigenvalue weighted by atomic mass is 15.0. The Labute approximate surface area is 223 Å². The molecule has 0 fully saturated rings. The molecule has 0 bridgehead atoms. The van der Waals surface area contributed by atoms with Gasteiger partial charge in [-0.05, 0) is 64.6 Å². The molecule has 0 atom stereocenters. The van der Waals surface area contributed by atoms with Gasteiger partial charge in [-0.3, -0.25) is 0 Å². The smallest absolute Gasteiger partial charge is 0.0541 e. The van der Waals surface area contributed by atoms with Crippen molar-refractivity contribution in [3.05, 3.63) is 151 Å². The summed E-state index contributed by atoms with van der Waals surface area (Å²) in [6.07, 6.45) is 0. The Hall–Kier alpha value is -4.88. The zero-order chi connectivity index (χ0) is 25.5. The van der Waals surface area contributed by atoms with Gasteiger partial charge in [0, 0.05) is 16.5 Å². The monoisotopic (exact) mass is 485 g/mol. The zero-order valence-electron chi connectivity index (χ0n) is 21.3. The fourth-order valence-electron chi connectivity index (χ4n) is 5.66. The Bertz CT molecular complexity index is 1850. The summed E-state index contributed by atoms with van der Waals surface area (Å²) in [7, 11) is 0. The number of hydrogen-bond acceptors (Lipinski definition) is 0. The molecule has 0 N–H and O–H groups in total. The first-order chi connectivity index (χ1) is 18.8. The fourth-order valence-corrected chi connectivity index (χ4v) is 5.66. The maximum atomic E-state index is 2.37. The van der Waals surface area contributed by atoms with Gasteiger partial charge in [-0.25, -0.2) is 0 Å². The Morgan fingerprint density at radius 1 is 0.368 bits per heavy atom. The summed E-state index contributed by atoms with van der Waals surface area (Å²) >= 11 is 0. The maximum absolute atomic E-state index is 2.37. The molecule has 0 spiro atoms. The van der Waals surface area contributed by atoms with Gasteiger partial charge in [-0.1, -0.05) is 127 Å². The molecular weight excluding hydrogens is 458 g/mol. The summed E-state index contributed by atoms with van der Waals surface area (Å²) in [4.78, 5) is 0. The van der Waals surface area contributed by atoms with Crippen LogP contribution in [0.25, 0.3) is 60.9 Å². The van der Waals surface area contributed by atoms with E-state index in [4.69, 9.17) is 0 Å². The van der Waals surface area contributed by atoms with Crippen LogP contribution in [-0.2, 0) is 0 Å². The molecule has 0 aliphatic rings. The van der Waals surface area contributed by atoms with Crippen molar-refractivity contribution in [1.82, 2.24) is 4.57 Å². The minimum absolute atomic E-state index is 1.17. The lowest BCUT2D eigenvalue weighted by Crippen LogP contribution is -1.94. The number of benzene rings is 6. The molecule has 0 amide bonds. The molecule has 0 radical (unpaired) electrons. The molecule has 0 aliphatic heterocycles. The highest BCUT2D eigenvalue weighted by Crippen LogP contribution is 2.39.